The van der Waals surface area contributed by atoms with Gasteiger partial charge in [-0.25, -0.2) is 0 Å². The van der Waals surface area contributed by atoms with Crippen LogP contribution in [0.15, 0.2) is 36.7 Å². The predicted molar refractivity (Wildman–Crippen MR) is 114 cm³/mol. The van der Waals surface area contributed by atoms with Crippen LogP contribution < -0.4 is 14.2 Å². The molecule has 158 valence electrons. The number of hydrogen-bond acceptors (Lipinski definition) is 5. The summed E-state index contributed by atoms with van der Waals surface area (Å²) in [5, 5.41) is 0.786. The molecule has 4 rings (SSSR count). The van der Waals surface area contributed by atoms with E-state index >= 15 is 0 Å². The first-order chi connectivity index (χ1) is 14.7. The van der Waals surface area contributed by atoms with Gasteiger partial charge in [-0.2, -0.15) is 0 Å². The summed E-state index contributed by atoms with van der Waals surface area (Å²) in [7, 11) is 4.76. The maximum Gasteiger partial charge on any atom is 0.270 e. The Morgan fingerprint density at radius 2 is 1.80 bits per heavy atom. The molecular formula is C23H27N3O4. The molecule has 7 nitrogen and oxygen atoms in total. The standard InChI is InChI=1S/C23H27N3O4/c1-28-19-14-20(29-2)22(30-3)21-16(19)13-17(25-21)23(27)26-12-6-4-5-7-18(26)15-8-10-24-11-9-15/h8-11,13-14,18,25H,4-7,12H2,1-3H3. The van der Waals surface area contributed by atoms with E-state index in [9.17, 15) is 4.79 Å². The molecule has 0 saturated carbocycles. The highest BCUT2D eigenvalue weighted by Crippen LogP contribution is 2.42. The van der Waals surface area contributed by atoms with Gasteiger partial charge >= 0.3 is 0 Å². The zero-order valence-corrected chi connectivity index (χ0v) is 17.6. The van der Waals surface area contributed by atoms with Gasteiger partial charge in [0.1, 0.15) is 11.4 Å². The van der Waals surface area contributed by atoms with E-state index in [1.807, 2.05) is 23.1 Å². The van der Waals surface area contributed by atoms with Gasteiger partial charge in [0, 0.05) is 30.4 Å². The quantitative estimate of drug-likeness (QED) is 0.678. The number of aromatic nitrogens is 2. The van der Waals surface area contributed by atoms with Crippen LogP contribution >= 0.6 is 0 Å². The monoisotopic (exact) mass is 409 g/mol. The van der Waals surface area contributed by atoms with E-state index in [1.165, 1.54) is 0 Å². The summed E-state index contributed by atoms with van der Waals surface area (Å²) in [6.07, 6.45) is 7.73. The molecule has 0 bridgehead atoms. The van der Waals surface area contributed by atoms with Crippen molar-refractivity contribution in [1.82, 2.24) is 14.9 Å². The molecule has 7 heteroatoms. The lowest BCUT2D eigenvalue weighted by Crippen LogP contribution is -2.35. The normalized spacial score (nSPS) is 16.9. The molecule has 3 aromatic rings. The summed E-state index contributed by atoms with van der Waals surface area (Å²) >= 11 is 0. The van der Waals surface area contributed by atoms with E-state index in [4.69, 9.17) is 14.2 Å². The maximum absolute atomic E-state index is 13.6. The van der Waals surface area contributed by atoms with Crippen molar-refractivity contribution in [3.63, 3.8) is 0 Å². The van der Waals surface area contributed by atoms with E-state index in [0.717, 1.165) is 43.2 Å². The highest BCUT2D eigenvalue weighted by atomic mass is 16.5. The van der Waals surface area contributed by atoms with Gasteiger partial charge in [-0.3, -0.25) is 9.78 Å². The van der Waals surface area contributed by atoms with Crippen molar-refractivity contribution >= 4 is 16.8 Å². The molecule has 1 atom stereocenters. The van der Waals surface area contributed by atoms with Crippen LogP contribution in [0.1, 0.15) is 47.8 Å². The van der Waals surface area contributed by atoms with Gasteiger partial charge in [0.15, 0.2) is 11.5 Å². The Morgan fingerprint density at radius 1 is 1.03 bits per heavy atom. The highest BCUT2D eigenvalue weighted by Gasteiger charge is 2.29. The molecule has 2 aromatic heterocycles. The molecule has 0 aliphatic carbocycles. The summed E-state index contributed by atoms with van der Waals surface area (Å²) in [6.45, 7) is 0.721. The molecule has 1 aliphatic rings. The molecule has 1 amide bonds. The lowest BCUT2D eigenvalue weighted by atomic mass is 10.0. The van der Waals surface area contributed by atoms with Crippen molar-refractivity contribution in [2.24, 2.45) is 0 Å². The average Bonchev–Trinajstić information content (AvgIpc) is 3.09. The smallest absolute Gasteiger partial charge is 0.270 e. The van der Waals surface area contributed by atoms with Crippen LogP contribution in [-0.2, 0) is 0 Å². The van der Waals surface area contributed by atoms with E-state index < -0.39 is 0 Å². The van der Waals surface area contributed by atoms with E-state index in [0.29, 0.717) is 28.5 Å². The third kappa shape index (κ3) is 3.56. The molecule has 0 radical (unpaired) electrons. The molecule has 1 unspecified atom stereocenters. The average molecular weight is 409 g/mol. The summed E-state index contributed by atoms with van der Waals surface area (Å²) in [4.78, 5) is 23.0. The third-order valence-corrected chi connectivity index (χ3v) is 5.78. The van der Waals surface area contributed by atoms with Crippen LogP contribution in [0.25, 0.3) is 10.9 Å². The number of carbonyl (C=O) groups is 1. The molecule has 1 N–H and O–H groups in total. The topological polar surface area (TPSA) is 76.7 Å². The van der Waals surface area contributed by atoms with Crippen LogP contribution in [0.2, 0.25) is 0 Å². The molecular weight excluding hydrogens is 382 g/mol. The number of nitrogens with one attached hydrogen (secondary N) is 1. The van der Waals surface area contributed by atoms with E-state index in [2.05, 4.69) is 9.97 Å². The Labute approximate surface area is 176 Å². The fourth-order valence-electron chi connectivity index (χ4n) is 4.29. The second-order valence-corrected chi connectivity index (χ2v) is 7.43. The lowest BCUT2D eigenvalue weighted by Gasteiger charge is -2.30. The molecule has 1 aliphatic heterocycles. The molecule has 1 fully saturated rings. The number of nitrogens with zero attached hydrogens (tertiary/aromatic N) is 2. The summed E-state index contributed by atoms with van der Waals surface area (Å²) in [6, 6.07) is 7.64. The Morgan fingerprint density at radius 3 is 2.50 bits per heavy atom. The van der Waals surface area contributed by atoms with Crippen molar-refractivity contribution in [3.8, 4) is 17.2 Å². The molecule has 3 heterocycles. The number of hydrogen-bond donors (Lipinski definition) is 1. The first-order valence-electron chi connectivity index (χ1n) is 10.2. The van der Waals surface area contributed by atoms with Gasteiger partial charge < -0.3 is 24.1 Å². The Balaban J connectivity index is 1.77. The van der Waals surface area contributed by atoms with Gasteiger partial charge in [0.05, 0.1) is 32.9 Å². The highest BCUT2D eigenvalue weighted by molar-refractivity contribution is 6.02. The van der Waals surface area contributed by atoms with E-state index in [1.54, 1.807) is 39.8 Å². The largest absolute Gasteiger partial charge is 0.496 e. The Kier molecular flexibility index (Phi) is 5.79. The van der Waals surface area contributed by atoms with Crippen LogP contribution in [0.3, 0.4) is 0 Å². The number of likely N-dealkylation sites (tertiary alicyclic amines) is 1. The number of pyridine rings is 1. The van der Waals surface area contributed by atoms with Crippen molar-refractivity contribution in [3.05, 3.63) is 47.9 Å². The molecule has 1 saturated heterocycles. The number of methoxy groups -OCH3 is 3. The van der Waals surface area contributed by atoms with Crippen molar-refractivity contribution in [2.75, 3.05) is 27.9 Å². The minimum absolute atomic E-state index is 0.0296. The van der Waals surface area contributed by atoms with Crippen LogP contribution in [0.4, 0.5) is 0 Å². The number of H-pyrrole nitrogens is 1. The van der Waals surface area contributed by atoms with Gasteiger partial charge in [0.2, 0.25) is 0 Å². The van der Waals surface area contributed by atoms with Crippen molar-refractivity contribution in [2.45, 2.75) is 31.7 Å². The molecule has 0 spiro atoms. The summed E-state index contributed by atoms with van der Waals surface area (Å²) in [5.74, 6) is 1.69. The second kappa shape index (κ2) is 8.65. The minimum atomic E-state index is -0.0296. The first-order valence-corrected chi connectivity index (χ1v) is 10.2. The lowest BCUT2D eigenvalue weighted by molar-refractivity contribution is 0.0675. The van der Waals surface area contributed by atoms with Crippen LogP contribution in [-0.4, -0.2) is 48.6 Å². The van der Waals surface area contributed by atoms with E-state index in [-0.39, 0.29) is 11.9 Å². The molecule has 30 heavy (non-hydrogen) atoms. The number of amides is 1. The number of rotatable bonds is 5. The van der Waals surface area contributed by atoms with Gasteiger partial charge in [-0.1, -0.05) is 12.8 Å². The number of carbonyl (C=O) groups excluding carboxylic acids is 1. The van der Waals surface area contributed by atoms with Crippen molar-refractivity contribution in [1.29, 1.82) is 0 Å². The Bertz CT molecular complexity index is 1030. The maximum atomic E-state index is 13.6. The number of fused-ring (bicyclic) bond motifs is 1. The van der Waals surface area contributed by atoms with Gasteiger partial charge in [-0.15, -0.1) is 0 Å². The Hall–Kier alpha value is -3.22. The predicted octanol–water partition coefficient (Wildman–Crippen LogP) is 4.35. The zero-order chi connectivity index (χ0) is 21.1. The first kappa shape index (κ1) is 20.1. The summed E-state index contributed by atoms with van der Waals surface area (Å²) < 4.78 is 16.5. The van der Waals surface area contributed by atoms with Crippen LogP contribution in [0, 0.1) is 0 Å². The minimum Gasteiger partial charge on any atom is -0.496 e. The number of aromatic amines is 1. The van der Waals surface area contributed by atoms with Gasteiger partial charge in [0.25, 0.3) is 5.91 Å². The number of benzene rings is 1. The summed E-state index contributed by atoms with van der Waals surface area (Å²) in [5.41, 5.74) is 2.32. The third-order valence-electron chi connectivity index (χ3n) is 5.78. The fraction of sp³-hybridized carbons (Fsp3) is 0.391. The second-order valence-electron chi connectivity index (χ2n) is 7.43. The van der Waals surface area contributed by atoms with Crippen molar-refractivity contribution < 1.29 is 19.0 Å². The number of ether oxygens (including phenoxy) is 3. The van der Waals surface area contributed by atoms with Gasteiger partial charge in [-0.05, 0) is 36.6 Å². The fourth-order valence-corrected chi connectivity index (χ4v) is 4.29. The molecule has 1 aromatic carbocycles. The zero-order valence-electron chi connectivity index (χ0n) is 17.6. The SMILES string of the molecule is COc1cc(OC)c2cc(C(=O)N3CCCCCC3c3ccncc3)[nH]c2c1OC. The van der Waals surface area contributed by atoms with Crippen LogP contribution in [0.5, 0.6) is 17.2 Å².